The first-order chi connectivity index (χ1) is 3.72. The normalized spacial score (nSPS) is 13.1. The van der Waals surface area contributed by atoms with Gasteiger partial charge in [0.1, 0.15) is 12.2 Å². The van der Waals surface area contributed by atoms with E-state index in [0.717, 1.165) is 0 Å². The Kier molecular flexibility index (Phi) is 26.9. The van der Waals surface area contributed by atoms with Crippen molar-refractivity contribution in [3.05, 3.63) is 0 Å². The summed E-state index contributed by atoms with van der Waals surface area (Å²) in [4.78, 5) is 0. The monoisotopic (exact) mass is 280 g/mol. The SMILES string of the molecule is OC[C@@H](O)[C@@H](O)CO.[F-].[F-].[Sn+2]. The smallest absolute Gasteiger partial charge is 1.00 e. The van der Waals surface area contributed by atoms with E-state index in [0.29, 0.717) is 0 Å². The molecular weight excluding hydrogens is 269 g/mol. The van der Waals surface area contributed by atoms with Crippen LogP contribution in [0.5, 0.6) is 0 Å². The fraction of sp³-hybridized carbons (Fsp3) is 1.00. The van der Waals surface area contributed by atoms with Gasteiger partial charge in [-0.25, -0.2) is 0 Å². The number of aliphatic hydroxyl groups is 4. The summed E-state index contributed by atoms with van der Waals surface area (Å²) in [5.41, 5.74) is 0. The van der Waals surface area contributed by atoms with Crippen molar-refractivity contribution < 1.29 is 29.8 Å². The molecule has 0 aliphatic rings. The third-order valence-corrected chi connectivity index (χ3v) is 0.818. The molecule has 0 amide bonds. The van der Waals surface area contributed by atoms with Gasteiger partial charge in [-0.05, 0) is 0 Å². The number of halogens is 2. The first kappa shape index (κ1) is 22.5. The number of rotatable bonds is 3. The van der Waals surface area contributed by atoms with E-state index >= 15 is 0 Å². The molecule has 7 heteroatoms. The molecular formula is C4H10F2O4Sn. The van der Waals surface area contributed by atoms with Crippen molar-refractivity contribution in [2.45, 2.75) is 12.2 Å². The molecule has 0 aromatic heterocycles. The molecule has 0 saturated carbocycles. The summed E-state index contributed by atoms with van der Waals surface area (Å²) in [5.74, 6) is 0. The summed E-state index contributed by atoms with van der Waals surface area (Å²) in [6, 6.07) is 0. The van der Waals surface area contributed by atoms with Crippen LogP contribution in [0.15, 0.2) is 0 Å². The van der Waals surface area contributed by atoms with E-state index in [1.807, 2.05) is 0 Å². The van der Waals surface area contributed by atoms with Crippen LogP contribution >= 0.6 is 0 Å². The van der Waals surface area contributed by atoms with E-state index in [2.05, 4.69) is 0 Å². The summed E-state index contributed by atoms with van der Waals surface area (Å²) in [5, 5.41) is 33.2. The van der Waals surface area contributed by atoms with Crippen molar-refractivity contribution in [1.29, 1.82) is 0 Å². The zero-order valence-electron chi connectivity index (χ0n) is 5.61. The van der Waals surface area contributed by atoms with Crippen molar-refractivity contribution in [1.82, 2.24) is 0 Å². The van der Waals surface area contributed by atoms with E-state index in [1.165, 1.54) is 0 Å². The Balaban J connectivity index is -0.0000000817. The Morgan fingerprint density at radius 1 is 0.818 bits per heavy atom. The first-order valence-corrected chi connectivity index (χ1v) is 2.30. The number of hydrogen-bond donors (Lipinski definition) is 4. The van der Waals surface area contributed by atoms with E-state index in [1.54, 1.807) is 0 Å². The van der Waals surface area contributed by atoms with Crippen LogP contribution in [0.4, 0.5) is 0 Å². The zero-order valence-corrected chi connectivity index (χ0v) is 8.47. The van der Waals surface area contributed by atoms with Crippen LogP contribution < -0.4 is 9.41 Å². The van der Waals surface area contributed by atoms with Crippen LogP contribution in [0.2, 0.25) is 0 Å². The molecule has 4 nitrogen and oxygen atoms in total. The Labute approximate surface area is 79.5 Å². The van der Waals surface area contributed by atoms with Crippen molar-refractivity contribution in [2.24, 2.45) is 0 Å². The summed E-state index contributed by atoms with van der Waals surface area (Å²) in [6.07, 6.45) is -2.44. The van der Waals surface area contributed by atoms with Gasteiger partial charge in [0.15, 0.2) is 0 Å². The molecule has 0 unspecified atom stereocenters. The maximum atomic E-state index is 8.47. The Morgan fingerprint density at radius 2 is 1.00 bits per heavy atom. The Morgan fingerprint density at radius 3 is 1.09 bits per heavy atom. The minimum absolute atomic E-state index is 0. The molecule has 0 fully saturated rings. The molecule has 0 aliphatic carbocycles. The van der Waals surface area contributed by atoms with Gasteiger partial charge in [-0.1, -0.05) is 0 Å². The van der Waals surface area contributed by atoms with Crippen LogP contribution in [0.1, 0.15) is 0 Å². The van der Waals surface area contributed by atoms with Gasteiger partial charge in [0, 0.05) is 0 Å². The molecule has 0 bridgehead atoms. The molecule has 11 heavy (non-hydrogen) atoms. The molecule has 4 N–H and O–H groups in total. The van der Waals surface area contributed by atoms with Crippen molar-refractivity contribution in [2.75, 3.05) is 13.2 Å². The third kappa shape index (κ3) is 10.5. The van der Waals surface area contributed by atoms with E-state index < -0.39 is 25.4 Å². The van der Waals surface area contributed by atoms with Gasteiger partial charge >= 0.3 is 23.9 Å². The second-order valence-corrected chi connectivity index (χ2v) is 1.50. The average molecular weight is 279 g/mol. The molecule has 2 radical (unpaired) electrons. The standard InChI is InChI=1S/C4H10O4.2FH.Sn/c5-1-3(7)4(8)2-6;;;/h3-8H,1-2H2;2*1H;/q;;;+2/p-2/t3-,4+;;;. The average Bonchev–Trinajstić information content (AvgIpc) is 1.84. The Bertz CT molecular complexity index is 60.1. The van der Waals surface area contributed by atoms with Gasteiger partial charge in [0.05, 0.1) is 13.2 Å². The molecule has 0 heterocycles. The molecule has 0 aromatic carbocycles. The van der Waals surface area contributed by atoms with Crippen LogP contribution in [-0.4, -0.2) is 69.8 Å². The number of hydrogen-bond acceptors (Lipinski definition) is 4. The summed E-state index contributed by atoms with van der Waals surface area (Å²) >= 11 is 0. The van der Waals surface area contributed by atoms with Gasteiger partial charge in [-0.3, -0.25) is 0 Å². The van der Waals surface area contributed by atoms with Gasteiger partial charge in [0.2, 0.25) is 0 Å². The third-order valence-electron chi connectivity index (χ3n) is 0.818. The van der Waals surface area contributed by atoms with Crippen LogP contribution in [0, 0.1) is 0 Å². The van der Waals surface area contributed by atoms with Crippen LogP contribution in [-0.2, 0) is 0 Å². The molecule has 0 saturated heterocycles. The van der Waals surface area contributed by atoms with Gasteiger partial charge in [-0.15, -0.1) is 0 Å². The zero-order chi connectivity index (χ0) is 6.57. The summed E-state index contributed by atoms with van der Waals surface area (Å²) in [6.45, 7) is -1.05. The van der Waals surface area contributed by atoms with E-state index in [-0.39, 0.29) is 33.3 Å². The van der Waals surface area contributed by atoms with Crippen molar-refractivity contribution in [3.63, 3.8) is 0 Å². The van der Waals surface area contributed by atoms with E-state index in [4.69, 9.17) is 20.4 Å². The summed E-state index contributed by atoms with van der Waals surface area (Å²) in [7, 11) is 0. The quantitative estimate of drug-likeness (QED) is 0.387. The van der Waals surface area contributed by atoms with Gasteiger partial charge < -0.3 is 29.8 Å². The van der Waals surface area contributed by atoms with Crippen molar-refractivity contribution >= 4 is 23.9 Å². The number of aliphatic hydroxyl groups excluding tert-OH is 4. The van der Waals surface area contributed by atoms with E-state index in [9.17, 15) is 0 Å². The first-order valence-electron chi connectivity index (χ1n) is 2.30. The molecule has 2 atom stereocenters. The minimum Gasteiger partial charge on any atom is -1.00 e. The molecule has 68 valence electrons. The van der Waals surface area contributed by atoms with Crippen LogP contribution in [0.3, 0.4) is 0 Å². The second kappa shape index (κ2) is 13.1. The largest absolute Gasteiger partial charge is 2.00 e. The molecule has 0 aromatic rings. The maximum absolute atomic E-state index is 8.47. The van der Waals surface area contributed by atoms with Crippen LogP contribution in [0.25, 0.3) is 0 Å². The predicted octanol–water partition coefficient (Wildman–Crippen LogP) is -8.68. The predicted molar refractivity (Wildman–Crippen MR) is 31.9 cm³/mol. The summed E-state index contributed by atoms with van der Waals surface area (Å²) < 4.78 is 0. The van der Waals surface area contributed by atoms with Gasteiger partial charge in [-0.2, -0.15) is 0 Å². The fourth-order valence-corrected chi connectivity index (χ4v) is 0.243. The molecule has 0 rings (SSSR count). The second-order valence-electron chi connectivity index (χ2n) is 1.50. The molecule has 0 spiro atoms. The van der Waals surface area contributed by atoms with Crippen molar-refractivity contribution in [3.8, 4) is 0 Å². The maximum Gasteiger partial charge on any atom is 2.00 e. The minimum atomic E-state index is -1.22. The molecule has 0 aliphatic heterocycles. The fourth-order valence-electron chi connectivity index (χ4n) is 0.243. The van der Waals surface area contributed by atoms with Gasteiger partial charge in [0.25, 0.3) is 0 Å². The Hall–Kier alpha value is 0.499. The topological polar surface area (TPSA) is 80.9 Å².